The van der Waals surface area contributed by atoms with Gasteiger partial charge >= 0.3 is 0 Å². The smallest absolute Gasteiger partial charge is 0.269 e. The number of nitrogens with zero attached hydrogens (tertiary/aromatic N) is 1. The molecular formula is C15H15N2O4+. The molecule has 6 nitrogen and oxygen atoms in total. The fraction of sp³-hybridized carbons (Fsp3) is 0.200. The molecule has 3 N–H and O–H groups in total. The third-order valence-corrected chi connectivity index (χ3v) is 3.59. The van der Waals surface area contributed by atoms with Crippen LogP contribution in [0.2, 0.25) is 0 Å². The van der Waals surface area contributed by atoms with E-state index in [-0.39, 0.29) is 23.8 Å². The van der Waals surface area contributed by atoms with Gasteiger partial charge in [0.05, 0.1) is 10.5 Å². The molecule has 21 heavy (non-hydrogen) atoms. The number of hydrogen-bond donors (Lipinski definition) is 2. The lowest BCUT2D eigenvalue weighted by atomic mass is 10.1. The lowest BCUT2D eigenvalue weighted by molar-refractivity contribution is -0.698. The van der Waals surface area contributed by atoms with Crippen LogP contribution in [-0.4, -0.2) is 16.6 Å². The van der Waals surface area contributed by atoms with Crippen LogP contribution >= 0.6 is 0 Å². The number of non-ortho nitro benzene ring substituents is 1. The van der Waals surface area contributed by atoms with Gasteiger partial charge in [-0.2, -0.15) is 0 Å². The average molecular weight is 287 g/mol. The molecule has 0 aliphatic carbocycles. The Kier molecular flexibility index (Phi) is 3.55. The molecule has 1 aliphatic heterocycles. The van der Waals surface area contributed by atoms with Crippen LogP contribution in [0.4, 0.5) is 5.69 Å². The highest BCUT2D eigenvalue weighted by atomic mass is 16.6. The molecule has 0 spiro atoms. The van der Waals surface area contributed by atoms with Gasteiger partial charge in [0.15, 0.2) is 0 Å². The predicted molar refractivity (Wildman–Crippen MR) is 74.6 cm³/mol. The van der Waals surface area contributed by atoms with E-state index in [0.29, 0.717) is 6.54 Å². The number of nitro groups is 1. The van der Waals surface area contributed by atoms with E-state index < -0.39 is 4.92 Å². The van der Waals surface area contributed by atoms with Gasteiger partial charge in [-0.15, -0.1) is 0 Å². The van der Waals surface area contributed by atoms with E-state index in [9.17, 15) is 15.2 Å². The summed E-state index contributed by atoms with van der Waals surface area (Å²) in [6.45, 7) is 0.705. The minimum absolute atomic E-state index is 0.0676. The number of rotatable bonds is 3. The van der Waals surface area contributed by atoms with Crippen LogP contribution in [0.25, 0.3) is 0 Å². The molecule has 2 aromatic carbocycles. The van der Waals surface area contributed by atoms with Crippen LogP contribution in [-0.2, 0) is 4.74 Å². The lowest BCUT2D eigenvalue weighted by Gasteiger charge is -2.10. The van der Waals surface area contributed by atoms with Crippen molar-refractivity contribution in [2.24, 2.45) is 0 Å². The summed E-state index contributed by atoms with van der Waals surface area (Å²) in [5.41, 5.74) is 1.70. The molecule has 3 rings (SSSR count). The summed E-state index contributed by atoms with van der Waals surface area (Å²) in [6.07, 6.45) is -0.401. The maximum absolute atomic E-state index is 10.6. The highest BCUT2D eigenvalue weighted by Crippen LogP contribution is 2.30. The van der Waals surface area contributed by atoms with Crippen LogP contribution in [0.1, 0.15) is 23.5 Å². The number of nitro benzene ring substituents is 1. The van der Waals surface area contributed by atoms with Gasteiger partial charge in [-0.3, -0.25) is 10.1 Å². The first kappa shape index (κ1) is 13.5. The van der Waals surface area contributed by atoms with E-state index in [1.54, 1.807) is 24.3 Å². The van der Waals surface area contributed by atoms with Crippen LogP contribution in [0.3, 0.4) is 0 Å². The Balaban J connectivity index is 1.75. The third kappa shape index (κ3) is 2.72. The molecule has 0 saturated carbocycles. The first-order valence-corrected chi connectivity index (χ1v) is 6.66. The molecule has 0 amide bonds. The van der Waals surface area contributed by atoms with Crippen molar-refractivity contribution in [1.29, 1.82) is 0 Å². The van der Waals surface area contributed by atoms with E-state index >= 15 is 0 Å². The number of ether oxygens (including phenoxy) is 1. The fourth-order valence-corrected chi connectivity index (χ4v) is 2.49. The number of benzene rings is 2. The molecule has 0 bridgehead atoms. The first-order chi connectivity index (χ1) is 10.1. The number of para-hydroxylation sites is 1. The van der Waals surface area contributed by atoms with Crippen LogP contribution in [0.5, 0.6) is 5.75 Å². The predicted octanol–water partition coefficient (Wildman–Crippen LogP) is 1.63. The Hall–Kier alpha value is -2.44. The van der Waals surface area contributed by atoms with Crippen molar-refractivity contribution in [2.75, 3.05) is 6.54 Å². The monoisotopic (exact) mass is 287 g/mol. The van der Waals surface area contributed by atoms with Crippen molar-refractivity contribution >= 4 is 5.69 Å². The SMILES string of the molecule is O=[N+]([O-])c1ccc([C@H]2C[NH2+][C@H](c3ccccc3O)O2)cc1. The molecule has 0 unspecified atom stereocenters. The van der Waals surface area contributed by atoms with Gasteiger partial charge in [-0.05, 0) is 29.8 Å². The normalized spacial score (nSPS) is 21.3. The molecule has 2 aromatic rings. The molecule has 1 fully saturated rings. The zero-order valence-corrected chi connectivity index (χ0v) is 11.2. The second kappa shape index (κ2) is 5.51. The molecule has 108 valence electrons. The summed E-state index contributed by atoms with van der Waals surface area (Å²) in [5, 5.41) is 22.5. The van der Waals surface area contributed by atoms with Crippen molar-refractivity contribution in [1.82, 2.24) is 0 Å². The number of aromatic hydroxyl groups is 1. The average Bonchev–Trinajstić information content (AvgIpc) is 2.97. The molecule has 1 heterocycles. The highest BCUT2D eigenvalue weighted by molar-refractivity contribution is 5.35. The Bertz CT molecular complexity index is 657. The molecular weight excluding hydrogens is 272 g/mol. The van der Waals surface area contributed by atoms with Crippen molar-refractivity contribution in [3.63, 3.8) is 0 Å². The molecule has 1 saturated heterocycles. The Morgan fingerprint density at radius 1 is 1.19 bits per heavy atom. The third-order valence-electron chi connectivity index (χ3n) is 3.59. The maximum Gasteiger partial charge on any atom is 0.269 e. The summed E-state index contributed by atoms with van der Waals surface area (Å²) < 4.78 is 5.93. The van der Waals surface area contributed by atoms with Gasteiger partial charge in [0.2, 0.25) is 6.23 Å². The quantitative estimate of drug-likeness (QED) is 0.663. The standard InChI is InChI=1S/C15H14N2O4/c18-13-4-2-1-3-12(13)15-16-9-14(21-15)10-5-7-11(8-6-10)17(19)20/h1-8,14-16,18H,9H2/p+1/t14-,15+/m1/s1. The number of hydrogen-bond acceptors (Lipinski definition) is 4. The van der Waals surface area contributed by atoms with E-state index in [2.05, 4.69) is 0 Å². The van der Waals surface area contributed by atoms with Crippen molar-refractivity contribution in [3.05, 3.63) is 69.8 Å². The summed E-state index contributed by atoms with van der Waals surface area (Å²) in [5.74, 6) is 0.211. The molecule has 1 aliphatic rings. The van der Waals surface area contributed by atoms with Crippen molar-refractivity contribution < 1.29 is 20.1 Å². The van der Waals surface area contributed by atoms with E-state index in [0.717, 1.165) is 11.1 Å². The molecule has 2 atom stereocenters. The van der Waals surface area contributed by atoms with Gasteiger partial charge in [0.1, 0.15) is 18.4 Å². The van der Waals surface area contributed by atoms with Gasteiger partial charge in [0.25, 0.3) is 5.69 Å². The van der Waals surface area contributed by atoms with Gasteiger partial charge in [-0.1, -0.05) is 12.1 Å². The molecule has 0 aromatic heterocycles. The minimum atomic E-state index is -0.420. The number of phenols is 1. The first-order valence-electron chi connectivity index (χ1n) is 6.66. The summed E-state index contributed by atoms with van der Waals surface area (Å²) in [4.78, 5) is 10.2. The maximum atomic E-state index is 10.6. The highest BCUT2D eigenvalue weighted by Gasteiger charge is 2.32. The van der Waals surface area contributed by atoms with Crippen molar-refractivity contribution in [2.45, 2.75) is 12.3 Å². The van der Waals surface area contributed by atoms with Gasteiger partial charge in [-0.25, -0.2) is 0 Å². The fourth-order valence-electron chi connectivity index (χ4n) is 2.49. The Labute approximate surface area is 121 Å². The topological polar surface area (TPSA) is 89.2 Å². The van der Waals surface area contributed by atoms with Crippen LogP contribution in [0.15, 0.2) is 48.5 Å². The van der Waals surface area contributed by atoms with Crippen LogP contribution < -0.4 is 5.32 Å². The summed E-state index contributed by atoms with van der Waals surface area (Å²) in [6, 6.07) is 13.5. The number of phenolic OH excluding ortho intramolecular Hbond substituents is 1. The zero-order valence-electron chi connectivity index (χ0n) is 11.2. The van der Waals surface area contributed by atoms with E-state index in [1.807, 2.05) is 17.4 Å². The number of quaternary nitrogens is 1. The number of nitrogens with two attached hydrogens (primary N) is 1. The summed E-state index contributed by atoms with van der Waals surface area (Å²) in [7, 11) is 0. The lowest BCUT2D eigenvalue weighted by Crippen LogP contribution is -2.82. The van der Waals surface area contributed by atoms with Crippen molar-refractivity contribution in [3.8, 4) is 5.75 Å². The van der Waals surface area contributed by atoms with Crippen LogP contribution in [0, 0.1) is 10.1 Å². The second-order valence-corrected chi connectivity index (χ2v) is 4.92. The second-order valence-electron chi connectivity index (χ2n) is 4.92. The van der Waals surface area contributed by atoms with E-state index in [1.165, 1.54) is 12.1 Å². The molecule has 6 heteroatoms. The summed E-state index contributed by atoms with van der Waals surface area (Å²) >= 11 is 0. The van der Waals surface area contributed by atoms with Gasteiger partial charge in [0, 0.05) is 12.1 Å². The Morgan fingerprint density at radius 3 is 2.57 bits per heavy atom. The largest absolute Gasteiger partial charge is 0.507 e. The van der Waals surface area contributed by atoms with Gasteiger partial charge < -0.3 is 15.2 Å². The van der Waals surface area contributed by atoms with E-state index in [4.69, 9.17) is 4.74 Å². The minimum Gasteiger partial charge on any atom is -0.507 e. The Morgan fingerprint density at radius 2 is 1.90 bits per heavy atom. The zero-order chi connectivity index (χ0) is 14.8. The molecule has 0 radical (unpaired) electrons.